The molecule has 0 unspecified atom stereocenters. The van der Waals surface area contributed by atoms with Crippen molar-refractivity contribution in [3.63, 3.8) is 0 Å². The van der Waals surface area contributed by atoms with Crippen LogP contribution >= 0.6 is 12.2 Å². The van der Waals surface area contributed by atoms with Crippen molar-refractivity contribution in [2.75, 3.05) is 52.1 Å². The Morgan fingerprint density at radius 1 is 0.944 bits per heavy atom. The summed E-state index contributed by atoms with van der Waals surface area (Å²) in [5.74, 6) is 3.02. The van der Waals surface area contributed by atoms with Crippen LogP contribution in [0.3, 0.4) is 0 Å². The molecule has 186 valence electrons. The summed E-state index contributed by atoms with van der Waals surface area (Å²) < 4.78 is 21.9. The molecule has 0 saturated carbocycles. The summed E-state index contributed by atoms with van der Waals surface area (Å²) in [6.45, 7) is 4.39. The molecular formula is C27H28N4O4S. The Morgan fingerprint density at radius 3 is 2.53 bits per heavy atom. The van der Waals surface area contributed by atoms with E-state index in [0.29, 0.717) is 12.3 Å². The standard InChI is InChI=1S/C27H28N4O4S/c1-32-23-13-18-20(14-24(23)33-2)29-19-4-3-5-21(26(18)19)30-8-10-31(11-9-30)27(36)28-15-17-6-7-22-25(12-17)35-16-34-22/h3-7,12-14,29H,8-11,15-16H2,1-2H3,(H,28,36). The van der Waals surface area contributed by atoms with Gasteiger partial charge in [0.05, 0.1) is 19.7 Å². The third kappa shape index (κ3) is 3.99. The molecular weight excluding hydrogens is 476 g/mol. The van der Waals surface area contributed by atoms with Gasteiger partial charge in [0.2, 0.25) is 6.79 Å². The molecule has 3 aromatic carbocycles. The van der Waals surface area contributed by atoms with Crippen LogP contribution in [0.1, 0.15) is 5.56 Å². The highest BCUT2D eigenvalue weighted by Gasteiger charge is 2.22. The Balaban J connectivity index is 1.16. The van der Waals surface area contributed by atoms with Gasteiger partial charge in [0.1, 0.15) is 0 Å². The number of methoxy groups -OCH3 is 2. The number of fused-ring (bicyclic) bond motifs is 4. The molecule has 4 aromatic rings. The number of benzene rings is 3. The molecule has 1 aromatic heterocycles. The molecule has 3 heterocycles. The van der Waals surface area contributed by atoms with E-state index in [1.165, 1.54) is 11.1 Å². The topological polar surface area (TPSA) is 71.2 Å². The zero-order chi connectivity index (χ0) is 24.6. The second-order valence-electron chi connectivity index (χ2n) is 8.90. The van der Waals surface area contributed by atoms with Gasteiger partial charge in [-0.1, -0.05) is 12.1 Å². The summed E-state index contributed by atoms with van der Waals surface area (Å²) in [5.41, 5.74) is 4.45. The number of hydrogen-bond acceptors (Lipinski definition) is 6. The maximum Gasteiger partial charge on any atom is 0.231 e. The van der Waals surface area contributed by atoms with E-state index in [1.807, 2.05) is 24.3 Å². The minimum atomic E-state index is 0.281. The lowest BCUT2D eigenvalue weighted by atomic mass is 10.1. The summed E-state index contributed by atoms with van der Waals surface area (Å²) in [5, 5.41) is 6.50. The van der Waals surface area contributed by atoms with Crippen molar-refractivity contribution in [2.24, 2.45) is 0 Å². The van der Waals surface area contributed by atoms with Gasteiger partial charge in [0.15, 0.2) is 28.1 Å². The second-order valence-corrected chi connectivity index (χ2v) is 9.28. The van der Waals surface area contributed by atoms with Gasteiger partial charge in [-0.3, -0.25) is 0 Å². The molecule has 0 radical (unpaired) electrons. The maximum absolute atomic E-state index is 5.72. The molecule has 0 amide bonds. The van der Waals surface area contributed by atoms with E-state index >= 15 is 0 Å². The molecule has 0 bridgehead atoms. The molecule has 6 rings (SSSR count). The van der Waals surface area contributed by atoms with Crippen molar-refractivity contribution in [1.82, 2.24) is 15.2 Å². The smallest absolute Gasteiger partial charge is 0.231 e. The lowest BCUT2D eigenvalue weighted by molar-refractivity contribution is 0.174. The van der Waals surface area contributed by atoms with Crippen LogP contribution < -0.4 is 29.2 Å². The fourth-order valence-electron chi connectivity index (χ4n) is 5.02. The van der Waals surface area contributed by atoms with Crippen molar-refractivity contribution in [3.05, 3.63) is 54.1 Å². The highest BCUT2D eigenvalue weighted by atomic mass is 32.1. The third-order valence-electron chi connectivity index (χ3n) is 6.89. The molecule has 0 atom stereocenters. The fraction of sp³-hybridized carbons (Fsp3) is 0.296. The van der Waals surface area contributed by atoms with E-state index in [2.05, 4.69) is 44.4 Å². The van der Waals surface area contributed by atoms with E-state index in [9.17, 15) is 0 Å². The summed E-state index contributed by atoms with van der Waals surface area (Å²) in [6, 6.07) is 16.4. The molecule has 0 spiro atoms. The van der Waals surface area contributed by atoms with Crippen molar-refractivity contribution in [3.8, 4) is 23.0 Å². The molecule has 1 saturated heterocycles. The first-order valence-corrected chi connectivity index (χ1v) is 12.4. The normalized spacial score (nSPS) is 14.9. The summed E-state index contributed by atoms with van der Waals surface area (Å²) in [7, 11) is 3.33. The minimum absolute atomic E-state index is 0.281. The van der Waals surface area contributed by atoms with Gasteiger partial charge < -0.3 is 39.0 Å². The molecule has 2 N–H and O–H groups in total. The monoisotopic (exact) mass is 504 g/mol. The number of ether oxygens (including phenoxy) is 4. The number of aromatic amines is 1. The first-order chi connectivity index (χ1) is 17.6. The number of piperazine rings is 1. The molecule has 8 nitrogen and oxygen atoms in total. The number of anilines is 1. The Hall–Kier alpha value is -3.85. The lowest BCUT2D eigenvalue weighted by Crippen LogP contribution is -2.51. The Bertz CT molecular complexity index is 1450. The van der Waals surface area contributed by atoms with Gasteiger partial charge in [-0.25, -0.2) is 0 Å². The fourth-order valence-corrected chi connectivity index (χ4v) is 5.27. The molecule has 2 aliphatic heterocycles. The van der Waals surface area contributed by atoms with E-state index in [1.54, 1.807) is 14.2 Å². The minimum Gasteiger partial charge on any atom is -0.493 e. The van der Waals surface area contributed by atoms with E-state index in [-0.39, 0.29) is 6.79 Å². The van der Waals surface area contributed by atoms with Crippen LogP contribution in [0.2, 0.25) is 0 Å². The van der Waals surface area contributed by atoms with Crippen LogP contribution in [0.15, 0.2) is 48.5 Å². The van der Waals surface area contributed by atoms with Gasteiger partial charge in [-0.15, -0.1) is 0 Å². The zero-order valence-electron chi connectivity index (χ0n) is 20.3. The molecule has 0 aliphatic carbocycles. The van der Waals surface area contributed by atoms with Crippen LogP contribution in [-0.2, 0) is 6.54 Å². The van der Waals surface area contributed by atoms with Crippen LogP contribution in [0.4, 0.5) is 5.69 Å². The van der Waals surface area contributed by atoms with Crippen molar-refractivity contribution in [2.45, 2.75) is 6.54 Å². The predicted octanol–water partition coefficient (Wildman–Crippen LogP) is 4.26. The number of thiocarbonyl (C=S) groups is 1. The van der Waals surface area contributed by atoms with Gasteiger partial charge in [0, 0.05) is 60.8 Å². The number of rotatable bonds is 5. The van der Waals surface area contributed by atoms with E-state index in [4.69, 9.17) is 31.2 Å². The average molecular weight is 505 g/mol. The molecule has 2 aliphatic rings. The first-order valence-electron chi connectivity index (χ1n) is 12.0. The number of nitrogens with zero attached hydrogens (tertiary/aromatic N) is 2. The van der Waals surface area contributed by atoms with E-state index in [0.717, 1.165) is 70.5 Å². The quantitative estimate of drug-likeness (QED) is 0.391. The van der Waals surface area contributed by atoms with Gasteiger partial charge >= 0.3 is 0 Å². The number of nitrogens with one attached hydrogen (secondary N) is 2. The third-order valence-corrected chi connectivity index (χ3v) is 7.30. The highest BCUT2D eigenvalue weighted by molar-refractivity contribution is 7.80. The average Bonchev–Trinajstić information content (AvgIpc) is 3.54. The van der Waals surface area contributed by atoms with Gasteiger partial charge in [-0.05, 0) is 48.1 Å². The Kier molecular flexibility index (Phi) is 5.85. The Morgan fingerprint density at radius 2 is 1.72 bits per heavy atom. The maximum atomic E-state index is 5.72. The molecule has 9 heteroatoms. The number of aromatic nitrogens is 1. The van der Waals surface area contributed by atoms with E-state index < -0.39 is 0 Å². The van der Waals surface area contributed by atoms with Crippen LogP contribution in [0, 0.1) is 0 Å². The second kappa shape index (κ2) is 9.31. The van der Waals surface area contributed by atoms with Gasteiger partial charge in [-0.2, -0.15) is 0 Å². The van der Waals surface area contributed by atoms with Gasteiger partial charge in [0.25, 0.3) is 0 Å². The van der Waals surface area contributed by atoms with Crippen molar-refractivity contribution >= 4 is 44.8 Å². The number of hydrogen-bond donors (Lipinski definition) is 2. The molecule has 1 fully saturated rings. The summed E-state index contributed by atoms with van der Waals surface area (Å²) >= 11 is 5.72. The van der Waals surface area contributed by atoms with Crippen LogP contribution in [0.25, 0.3) is 21.8 Å². The largest absolute Gasteiger partial charge is 0.493 e. The first kappa shape index (κ1) is 22.6. The SMILES string of the molecule is COc1cc2[nH]c3cccc(N4CCN(C(=S)NCc5ccc6c(c5)OCO6)CC4)c3c2cc1OC. The van der Waals surface area contributed by atoms with Crippen molar-refractivity contribution < 1.29 is 18.9 Å². The Labute approximate surface area is 214 Å². The lowest BCUT2D eigenvalue weighted by Gasteiger charge is -2.37. The van der Waals surface area contributed by atoms with Crippen LogP contribution in [-0.4, -0.2) is 62.2 Å². The summed E-state index contributed by atoms with van der Waals surface area (Å²) in [6.07, 6.45) is 0. The predicted molar refractivity (Wildman–Crippen MR) is 145 cm³/mol. The molecule has 36 heavy (non-hydrogen) atoms. The van der Waals surface area contributed by atoms with Crippen molar-refractivity contribution in [1.29, 1.82) is 0 Å². The summed E-state index contributed by atoms with van der Waals surface area (Å²) in [4.78, 5) is 8.21. The van der Waals surface area contributed by atoms with Crippen LogP contribution in [0.5, 0.6) is 23.0 Å². The number of H-pyrrole nitrogens is 1. The zero-order valence-corrected chi connectivity index (χ0v) is 21.1. The highest BCUT2D eigenvalue weighted by Crippen LogP contribution is 2.39.